The molecule has 2 fully saturated rings. The maximum Gasteiger partial charge on any atom is 0.0249 e. The molecule has 0 amide bonds. The molecule has 1 unspecified atom stereocenters. The van der Waals surface area contributed by atoms with E-state index in [1.807, 2.05) is 0 Å². The molecule has 2 heteroatoms. The van der Waals surface area contributed by atoms with Crippen LogP contribution < -0.4 is 5.73 Å². The molecule has 2 saturated carbocycles. The average molecular weight is 238 g/mol. The summed E-state index contributed by atoms with van der Waals surface area (Å²) in [6.45, 7) is 4.39. The van der Waals surface area contributed by atoms with E-state index in [0.717, 1.165) is 18.5 Å². The van der Waals surface area contributed by atoms with Crippen LogP contribution in [0.25, 0.3) is 0 Å². The van der Waals surface area contributed by atoms with Gasteiger partial charge in [0.05, 0.1) is 0 Å². The Morgan fingerprint density at radius 2 is 1.59 bits per heavy atom. The lowest BCUT2D eigenvalue weighted by Crippen LogP contribution is -2.50. The molecule has 2 aliphatic carbocycles. The van der Waals surface area contributed by atoms with Gasteiger partial charge in [-0.3, -0.25) is 4.90 Å². The summed E-state index contributed by atoms with van der Waals surface area (Å²) in [4.78, 5) is 2.76. The Morgan fingerprint density at radius 1 is 1.00 bits per heavy atom. The van der Waals surface area contributed by atoms with Gasteiger partial charge in [-0.1, -0.05) is 39.0 Å². The number of likely N-dealkylation sites (N-methyl/N-ethyl adjacent to an activating group) is 1. The molecule has 0 bridgehead atoms. The van der Waals surface area contributed by atoms with Crippen molar-refractivity contribution in [2.75, 3.05) is 13.1 Å². The Hall–Kier alpha value is -0.0800. The fourth-order valence-electron chi connectivity index (χ4n) is 4.12. The van der Waals surface area contributed by atoms with Crippen LogP contribution in [0.5, 0.6) is 0 Å². The topological polar surface area (TPSA) is 29.3 Å². The van der Waals surface area contributed by atoms with Gasteiger partial charge in [0.25, 0.3) is 0 Å². The second kappa shape index (κ2) is 6.75. The highest BCUT2D eigenvalue weighted by Crippen LogP contribution is 2.33. The SMILES string of the molecule is CCN(C1CCCCC1)C(CN)C1CCCC1. The molecule has 0 saturated heterocycles. The van der Waals surface area contributed by atoms with E-state index in [4.69, 9.17) is 5.73 Å². The van der Waals surface area contributed by atoms with E-state index in [2.05, 4.69) is 11.8 Å². The summed E-state index contributed by atoms with van der Waals surface area (Å²) in [7, 11) is 0. The number of rotatable bonds is 5. The summed E-state index contributed by atoms with van der Waals surface area (Å²) >= 11 is 0. The van der Waals surface area contributed by atoms with Crippen molar-refractivity contribution >= 4 is 0 Å². The minimum Gasteiger partial charge on any atom is -0.329 e. The summed E-state index contributed by atoms with van der Waals surface area (Å²) in [6.07, 6.45) is 12.9. The molecule has 1 atom stereocenters. The summed E-state index contributed by atoms with van der Waals surface area (Å²) in [5.74, 6) is 0.891. The molecule has 0 spiro atoms. The van der Waals surface area contributed by atoms with Crippen LogP contribution >= 0.6 is 0 Å². The third kappa shape index (κ3) is 3.23. The highest BCUT2D eigenvalue weighted by Gasteiger charge is 2.32. The van der Waals surface area contributed by atoms with Gasteiger partial charge in [0.15, 0.2) is 0 Å². The molecule has 17 heavy (non-hydrogen) atoms. The van der Waals surface area contributed by atoms with Gasteiger partial charge in [-0.25, -0.2) is 0 Å². The third-order valence-corrected chi connectivity index (χ3v) is 5.02. The maximum absolute atomic E-state index is 6.09. The average Bonchev–Trinajstić information content (AvgIpc) is 2.90. The number of nitrogens with zero attached hydrogens (tertiary/aromatic N) is 1. The van der Waals surface area contributed by atoms with E-state index < -0.39 is 0 Å². The highest BCUT2D eigenvalue weighted by molar-refractivity contribution is 4.87. The van der Waals surface area contributed by atoms with E-state index in [0.29, 0.717) is 6.04 Å². The molecule has 2 aliphatic rings. The summed E-state index contributed by atoms with van der Waals surface area (Å²) in [6, 6.07) is 1.51. The first-order valence-electron chi connectivity index (χ1n) is 7.82. The van der Waals surface area contributed by atoms with E-state index in [1.165, 1.54) is 64.3 Å². The van der Waals surface area contributed by atoms with Crippen LogP contribution in [0.2, 0.25) is 0 Å². The van der Waals surface area contributed by atoms with Crippen molar-refractivity contribution in [3.8, 4) is 0 Å². The number of hydrogen-bond acceptors (Lipinski definition) is 2. The van der Waals surface area contributed by atoms with Gasteiger partial charge in [0, 0.05) is 18.6 Å². The zero-order valence-electron chi connectivity index (χ0n) is 11.5. The van der Waals surface area contributed by atoms with Gasteiger partial charge in [-0.05, 0) is 38.1 Å². The number of nitrogens with two attached hydrogens (primary N) is 1. The van der Waals surface area contributed by atoms with Crippen LogP contribution in [0.1, 0.15) is 64.7 Å². The van der Waals surface area contributed by atoms with E-state index in [9.17, 15) is 0 Å². The van der Waals surface area contributed by atoms with Crippen LogP contribution in [0.15, 0.2) is 0 Å². The van der Waals surface area contributed by atoms with Crippen molar-refractivity contribution in [2.45, 2.75) is 76.8 Å². The Labute approximate surface area is 107 Å². The minimum atomic E-state index is 0.672. The van der Waals surface area contributed by atoms with Crippen molar-refractivity contribution in [1.82, 2.24) is 4.90 Å². The van der Waals surface area contributed by atoms with E-state index in [1.54, 1.807) is 0 Å². The molecule has 2 rings (SSSR count). The predicted octanol–water partition coefficient (Wildman–Crippen LogP) is 3.16. The van der Waals surface area contributed by atoms with Crippen LogP contribution in [0, 0.1) is 5.92 Å². The summed E-state index contributed by atoms with van der Waals surface area (Å²) in [5, 5.41) is 0. The zero-order valence-corrected chi connectivity index (χ0v) is 11.5. The standard InChI is InChI=1S/C15H30N2/c1-2-17(14-10-4-3-5-11-14)15(12-16)13-8-6-7-9-13/h13-15H,2-12,16H2,1H3. The van der Waals surface area contributed by atoms with Crippen molar-refractivity contribution in [3.63, 3.8) is 0 Å². The predicted molar refractivity (Wildman–Crippen MR) is 74.1 cm³/mol. The van der Waals surface area contributed by atoms with Gasteiger partial charge in [0.1, 0.15) is 0 Å². The fourth-order valence-corrected chi connectivity index (χ4v) is 4.12. The Balaban J connectivity index is 1.97. The second-order valence-electron chi connectivity index (χ2n) is 5.97. The lowest BCUT2D eigenvalue weighted by molar-refractivity contribution is 0.0801. The monoisotopic (exact) mass is 238 g/mol. The Bertz CT molecular complexity index is 205. The highest BCUT2D eigenvalue weighted by atomic mass is 15.2. The molecule has 0 aliphatic heterocycles. The second-order valence-corrected chi connectivity index (χ2v) is 5.97. The molecule has 0 radical (unpaired) electrons. The zero-order chi connectivity index (χ0) is 12.1. The molecule has 100 valence electrons. The van der Waals surface area contributed by atoms with Crippen molar-refractivity contribution < 1.29 is 0 Å². The van der Waals surface area contributed by atoms with Crippen molar-refractivity contribution in [3.05, 3.63) is 0 Å². The largest absolute Gasteiger partial charge is 0.329 e. The third-order valence-electron chi connectivity index (χ3n) is 5.02. The quantitative estimate of drug-likeness (QED) is 0.797. The van der Waals surface area contributed by atoms with Crippen LogP contribution in [-0.2, 0) is 0 Å². The van der Waals surface area contributed by atoms with Gasteiger partial charge >= 0.3 is 0 Å². The summed E-state index contributed by atoms with van der Waals surface area (Å²) < 4.78 is 0. The van der Waals surface area contributed by atoms with Crippen LogP contribution in [-0.4, -0.2) is 30.1 Å². The van der Waals surface area contributed by atoms with Crippen molar-refractivity contribution in [2.24, 2.45) is 11.7 Å². The molecule has 0 heterocycles. The normalized spacial score (nSPS) is 25.6. The molecule has 0 aromatic carbocycles. The van der Waals surface area contributed by atoms with Gasteiger partial charge < -0.3 is 5.73 Å². The Kier molecular flexibility index (Phi) is 5.30. The van der Waals surface area contributed by atoms with E-state index in [-0.39, 0.29) is 0 Å². The molecule has 2 nitrogen and oxygen atoms in total. The minimum absolute atomic E-state index is 0.672. The lowest BCUT2D eigenvalue weighted by Gasteiger charge is -2.41. The molecule has 0 aromatic rings. The van der Waals surface area contributed by atoms with Gasteiger partial charge in [0.2, 0.25) is 0 Å². The lowest BCUT2D eigenvalue weighted by atomic mass is 9.89. The molecule has 0 aromatic heterocycles. The first-order valence-corrected chi connectivity index (χ1v) is 7.82. The van der Waals surface area contributed by atoms with Gasteiger partial charge in [-0.15, -0.1) is 0 Å². The van der Waals surface area contributed by atoms with Crippen LogP contribution in [0.3, 0.4) is 0 Å². The first-order chi connectivity index (χ1) is 8.36. The molecular formula is C15H30N2. The smallest absolute Gasteiger partial charge is 0.0249 e. The number of hydrogen-bond donors (Lipinski definition) is 1. The maximum atomic E-state index is 6.09. The van der Waals surface area contributed by atoms with Crippen molar-refractivity contribution in [1.29, 1.82) is 0 Å². The van der Waals surface area contributed by atoms with Gasteiger partial charge in [-0.2, -0.15) is 0 Å². The molecular weight excluding hydrogens is 208 g/mol. The summed E-state index contributed by atoms with van der Waals surface area (Å²) in [5.41, 5.74) is 6.09. The Morgan fingerprint density at radius 3 is 2.12 bits per heavy atom. The molecule has 2 N–H and O–H groups in total. The first kappa shape index (κ1) is 13.4. The fraction of sp³-hybridized carbons (Fsp3) is 1.00. The van der Waals surface area contributed by atoms with E-state index >= 15 is 0 Å². The van der Waals surface area contributed by atoms with Crippen LogP contribution in [0.4, 0.5) is 0 Å².